The van der Waals surface area contributed by atoms with Crippen molar-refractivity contribution in [2.24, 2.45) is 0 Å². The number of hydrogen-bond acceptors (Lipinski definition) is 6. The molecular formula is C26H28BrN5O3S. The van der Waals surface area contributed by atoms with Crippen molar-refractivity contribution in [2.45, 2.75) is 44.6 Å². The molecule has 0 aliphatic carbocycles. The molecule has 2 N–H and O–H groups in total. The van der Waals surface area contributed by atoms with Crippen LogP contribution in [-0.2, 0) is 10.0 Å². The van der Waals surface area contributed by atoms with Gasteiger partial charge < -0.3 is 10.4 Å². The Morgan fingerprint density at radius 1 is 1.06 bits per heavy atom. The van der Waals surface area contributed by atoms with Crippen molar-refractivity contribution < 1.29 is 13.5 Å². The van der Waals surface area contributed by atoms with Gasteiger partial charge in [0.25, 0.3) is 0 Å². The van der Waals surface area contributed by atoms with Crippen LogP contribution in [0.3, 0.4) is 0 Å². The number of halogens is 1. The van der Waals surface area contributed by atoms with Crippen molar-refractivity contribution in [2.75, 3.05) is 18.4 Å². The van der Waals surface area contributed by atoms with Crippen molar-refractivity contribution in [1.29, 1.82) is 0 Å². The van der Waals surface area contributed by atoms with E-state index in [9.17, 15) is 13.5 Å². The number of hydrogen-bond donors (Lipinski definition) is 2. The monoisotopic (exact) mass is 569 g/mol. The van der Waals surface area contributed by atoms with Gasteiger partial charge in [-0.2, -0.15) is 13.9 Å². The molecule has 0 amide bonds. The Morgan fingerprint density at radius 2 is 1.78 bits per heavy atom. The zero-order valence-electron chi connectivity index (χ0n) is 20.4. The minimum absolute atomic E-state index is 0.0304. The molecule has 1 aliphatic heterocycles. The van der Waals surface area contributed by atoms with E-state index in [-0.39, 0.29) is 16.7 Å². The minimum Gasteiger partial charge on any atom is -0.506 e. The zero-order chi connectivity index (χ0) is 25.6. The number of fused-ring (bicyclic) bond motifs is 1. The van der Waals surface area contributed by atoms with Gasteiger partial charge in [0.15, 0.2) is 5.65 Å². The summed E-state index contributed by atoms with van der Waals surface area (Å²) in [6, 6.07) is 13.4. The molecule has 0 radical (unpaired) electrons. The maximum Gasteiger partial charge on any atom is 0.246 e. The quantitative estimate of drug-likeness (QED) is 0.348. The average Bonchev–Trinajstić information content (AvgIpc) is 3.24. The number of aryl methyl sites for hydroxylation is 2. The first-order valence-electron chi connectivity index (χ1n) is 11.8. The number of phenols is 1. The number of piperidine rings is 1. The highest BCUT2D eigenvalue weighted by molar-refractivity contribution is 9.10. The van der Waals surface area contributed by atoms with Crippen LogP contribution in [0.15, 0.2) is 58.0 Å². The molecule has 1 saturated heterocycles. The van der Waals surface area contributed by atoms with Gasteiger partial charge in [-0.3, -0.25) is 0 Å². The fraction of sp³-hybridized carbons (Fsp3) is 0.308. The fourth-order valence-corrected chi connectivity index (χ4v) is 6.57. The summed E-state index contributed by atoms with van der Waals surface area (Å²) in [5.41, 5.74) is 5.17. The van der Waals surface area contributed by atoms with Crippen LogP contribution in [0.5, 0.6) is 5.75 Å². The number of sulfonamides is 1. The Labute approximate surface area is 219 Å². The third kappa shape index (κ3) is 4.38. The first-order chi connectivity index (χ1) is 17.2. The number of phenolic OH excluding ortho intramolecular Hbond substituents is 1. The van der Waals surface area contributed by atoms with Crippen LogP contribution in [0, 0.1) is 20.8 Å². The molecule has 36 heavy (non-hydrogen) atoms. The largest absolute Gasteiger partial charge is 0.506 e. The van der Waals surface area contributed by atoms with Gasteiger partial charge in [-0.05, 0) is 72.3 Å². The summed E-state index contributed by atoms with van der Waals surface area (Å²) < 4.78 is 30.6. The Morgan fingerprint density at radius 3 is 2.50 bits per heavy atom. The van der Waals surface area contributed by atoms with Crippen LogP contribution in [-0.4, -0.2) is 51.6 Å². The maximum absolute atomic E-state index is 13.3. The van der Waals surface area contributed by atoms with Crippen LogP contribution in [0.2, 0.25) is 0 Å². The molecule has 2 aromatic heterocycles. The summed E-state index contributed by atoms with van der Waals surface area (Å²) in [6.07, 6.45) is 2.97. The van der Waals surface area contributed by atoms with Crippen molar-refractivity contribution >= 4 is 37.4 Å². The van der Waals surface area contributed by atoms with Gasteiger partial charge in [-0.1, -0.05) is 30.3 Å². The number of aromatic nitrogens is 3. The van der Waals surface area contributed by atoms with E-state index in [0.29, 0.717) is 37.1 Å². The number of anilines is 1. The summed E-state index contributed by atoms with van der Waals surface area (Å²) in [5.74, 6) is 0.638. The molecule has 0 spiro atoms. The van der Waals surface area contributed by atoms with Gasteiger partial charge in [-0.15, -0.1) is 0 Å². The summed E-state index contributed by atoms with van der Waals surface area (Å²) in [4.78, 5) is 4.79. The number of nitrogens with one attached hydrogen (secondary N) is 1. The minimum atomic E-state index is -3.79. The number of nitrogens with zero attached hydrogens (tertiary/aromatic N) is 4. The Kier molecular flexibility index (Phi) is 6.52. The topological polar surface area (TPSA) is 99.8 Å². The highest BCUT2D eigenvalue weighted by Crippen LogP contribution is 2.33. The summed E-state index contributed by atoms with van der Waals surface area (Å²) in [5, 5.41) is 18.5. The summed E-state index contributed by atoms with van der Waals surface area (Å²) in [6.45, 7) is 6.35. The second kappa shape index (κ2) is 9.49. The van der Waals surface area contributed by atoms with Crippen LogP contribution >= 0.6 is 15.9 Å². The molecule has 188 valence electrons. The molecule has 0 unspecified atom stereocenters. The molecule has 1 fully saturated rings. The van der Waals surface area contributed by atoms with Gasteiger partial charge in [0.2, 0.25) is 10.0 Å². The van der Waals surface area contributed by atoms with E-state index >= 15 is 0 Å². The highest BCUT2D eigenvalue weighted by atomic mass is 79.9. The van der Waals surface area contributed by atoms with Crippen molar-refractivity contribution in [3.05, 3.63) is 69.8 Å². The molecule has 0 atom stereocenters. The first-order valence-corrected chi connectivity index (χ1v) is 14.1. The maximum atomic E-state index is 13.3. The fourth-order valence-electron chi connectivity index (χ4n) is 4.61. The van der Waals surface area contributed by atoms with Gasteiger partial charge in [0.1, 0.15) is 16.5 Å². The molecule has 4 aromatic rings. The smallest absolute Gasteiger partial charge is 0.246 e. The van der Waals surface area contributed by atoms with Gasteiger partial charge >= 0.3 is 0 Å². The van der Waals surface area contributed by atoms with E-state index in [0.717, 1.165) is 32.7 Å². The van der Waals surface area contributed by atoms with E-state index in [1.54, 1.807) is 23.7 Å². The number of benzene rings is 2. The second-order valence-corrected chi connectivity index (χ2v) is 12.0. The lowest BCUT2D eigenvalue weighted by molar-refractivity contribution is 0.327. The predicted octanol–water partition coefficient (Wildman–Crippen LogP) is 5.05. The van der Waals surface area contributed by atoms with Crippen LogP contribution in [0.4, 0.5) is 5.82 Å². The molecule has 5 rings (SSSR count). The van der Waals surface area contributed by atoms with E-state index in [2.05, 4.69) is 39.3 Å². The van der Waals surface area contributed by atoms with Crippen molar-refractivity contribution in [3.63, 3.8) is 0 Å². The lowest BCUT2D eigenvalue weighted by Gasteiger charge is -2.32. The predicted molar refractivity (Wildman–Crippen MR) is 144 cm³/mol. The molecule has 1 aliphatic rings. The van der Waals surface area contributed by atoms with E-state index in [1.807, 2.05) is 31.2 Å². The zero-order valence-corrected chi connectivity index (χ0v) is 22.8. The van der Waals surface area contributed by atoms with Crippen molar-refractivity contribution in [1.82, 2.24) is 18.9 Å². The molecule has 0 saturated carbocycles. The third-order valence-electron chi connectivity index (χ3n) is 6.94. The molecule has 8 nitrogen and oxygen atoms in total. The lowest BCUT2D eigenvalue weighted by atomic mass is 10.0. The SMILES string of the molecule is Cc1ccccc1-c1cc(NC2CCN(S(=O)(=O)c3ccc(C)c(C)c3O)CC2)n2ncc(Br)c2n1. The standard InChI is InChI=1S/C26H28BrN5O3S/c1-16-8-9-23(25(33)18(16)3)36(34,35)31-12-10-19(11-13-31)29-24-14-22(20-7-5-4-6-17(20)2)30-26-21(27)15-28-32(24)26/h4-9,14-15,19,29,33H,10-13H2,1-3H3. The Bertz CT molecular complexity index is 1560. The van der Waals surface area contributed by atoms with E-state index < -0.39 is 10.0 Å². The van der Waals surface area contributed by atoms with Gasteiger partial charge in [0, 0.05) is 30.8 Å². The van der Waals surface area contributed by atoms with E-state index in [1.165, 1.54) is 10.4 Å². The van der Waals surface area contributed by atoms with Crippen molar-refractivity contribution in [3.8, 4) is 17.0 Å². The Hall–Kier alpha value is -2.95. The lowest BCUT2D eigenvalue weighted by Crippen LogP contribution is -2.42. The normalized spacial score (nSPS) is 15.4. The molecule has 3 heterocycles. The van der Waals surface area contributed by atoms with Crippen LogP contribution in [0.1, 0.15) is 29.5 Å². The molecule has 10 heteroatoms. The average molecular weight is 571 g/mol. The second-order valence-electron chi connectivity index (χ2n) is 9.25. The number of rotatable bonds is 5. The summed E-state index contributed by atoms with van der Waals surface area (Å²) >= 11 is 3.55. The van der Waals surface area contributed by atoms with Gasteiger partial charge in [0.05, 0.1) is 16.4 Å². The highest BCUT2D eigenvalue weighted by Gasteiger charge is 2.32. The molecular weight excluding hydrogens is 542 g/mol. The van der Waals surface area contributed by atoms with E-state index in [4.69, 9.17) is 4.98 Å². The van der Waals surface area contributed by atoms with Crippen LogP contribution in [0.25, 0.3) is 16.9 Å². The third-order valence-corrected chi connectivity index (χ3v) is 9.43. The Balaban J connectivity index is 1.38. The molecule has 2 aromatic carbocycles. The molecule has 0 bridgehead atoms. The number of aromatic hydroxyl groups is 1. The first kappa shape index (κ1) is 24.7. The summed E-state index contributed by atoms with van der Waals surface area (Å²) in [7, 11) is -3.79. The van der Waals surface area contributed by atoms with Crippen LogP contribution < -0.4 is 5.32 Å². The van der Waals surface area contributed by atoms with Gasteiger partial charge in [-0.25, -0.2) is 13.4 Å².